The van der Waals surface area contributed by atoms with E-state index in [2.05, 4.69) is 72.3 Å². The minimum absolute atomic E-state index is 0. The molecule has 0 radical (unpaired) electrons. The Kier molecular flexibility index (Phi) is 11.9. The summed E-state index contributed by atoms with van der Waals surface area (Å²) < 4.78 is 6.00. The van der Waals surface area contributed by atoms with Crippen LogP contribution in [0.2, 0.25) is 0 Å². The summed E-state index contributed by atoms with van der Waals surface area (Å²) in [5.41, 5.74) is 1.21. The maximum absolute atomic E-state index is 6.00. The molecule has 7 heteroatoms. The summed E-state index contributed by atoms with van der Waals surface area (Å²) >= 11 is 0. The van der Waals surface area contributed by atoms with E-state index in [4.69, 9.17) is 4.74 Å². The zero-order valence-electron chi connectivity index (χ0n) is 18.9. The Balaban J connectivity index is 0.00000420. The lowest BCUT2D eigenvalue weighted by atomic mass is 10.0. The maximum atomic E-state index is 6.00. The fourth-order valence-corrected chi connectivity index (χ4v) is 3.56. The lowest BCUT2D eigenvalue weighted by Gasteiger charge is -2.40. The maximum Gasteiger partial charge on any atom is 0.191 e. The monoisotopic (exact) mass is 517 g/mol. The Morgan fingerprint density at radius 1 is 1.10 bits per heavy atom. The van der Waals surface area contributed by atoms with Gasteiger partial charge >= 0.3 is 0 Å². The molecular formula is C22H40IN5O. The molecule has 1 aliphatic rings. The molecule has 0 aliphatic carbocycles. The van der Waals surface area contributed by atoms with Gasteiger partial charge in [-0.15, -0.1) is 24.0 Å². The largest absolute Gasteiger partial charge is 0.489 e. The van der Waals surface area contributed by atoms with Gasteiger partial charge in [-0.25, -0.2) is 0 Å². The van der Waals surface area contributed by atoms with Crippen molar-refractivity contribution in [3.8, 4) is 5.75 Å². The van der Waals surface area contributed by atoms with E-state index < -0.39 is 0 Å². The van der Waals surface area contributed by atoms with Crippen molar-refractivity contribution in [3.63, 3.8) is 0 Å². The van der Waals surface area contributed by atoms with E-state index in [-0.39, 0.29) is 30.1 Å². The summed E-state index contributed by atoms with van der Waals surface area (Å²) in [4.78, 5) is 9.39. The van der Waals surface area contributed by atoms with Gasteiger partial charge in [-0.05, 0) is 44.5 Å². The number of nitrogens with one attached hydrogen (secondary N) is 2. The lowest BCUT2D eigenvalue weighted by Crippen LogP contribution is -2.55. The summed E-state index contributed by atoms with van der Waals surface area (Å²) in [5, 5.41) is 6.91. The SMILES string of the molecule is CN=C(NCC(C)Oc1cccc(C)c1)NCC(C(C)C)N1CCN(C)CC1.I. The van der Waals surface area contributed by atoms with Crippen LogP contribution in [0, 0.1) is 12.8 Å². The van der Waals surface area contributed by atoms with E-state index in [1.807, 2.05) is 19.2 Å². The molecule has 2 N–H and O–H groups in total. The molecule has 166 valence electrons. The molecule has 0 saturated carbocycles. The summed E-state index contributed by atoms with van der Waals surface area (Å²) in [6, 6.07) is 8.67. The predicted molar refractivity (Wildman–Crippen MR) is 134 cm³/mol. The topological polar surface area (TPSA) is 52.1 Å². The van der Waals surface area contributed by atoms with E-state index >= 15 is 0 Å². The minimum atomic E-state index is 0. The van der Waals surface area contributed by atoms with Gasteiger partial charge in [0.15, 0.2) is 5.96 Å². The average molecular weight is 518 g/mol. The summed E-state index contributed by atoms with van der Waals surface area (Å²) in [6.45, 7) is 14.9. The van der Waals surface area contributed by atoms with Gasteiger partial charge in [-0.1, -0.05) is 26.0 Å². The number of ether oxygens (including phenoxy) is 1. The van der Waals surface area contributed by atoms with Gasteiger partial charge in [-0.2, -0.15) is 0 Å². The quantitative estimate of drug-likeness (QED) is 0.316. The molecular weight excluding hydrogens is 477 g/mol. The van der Waals surface area contributed by atoms with Crippen LogP contribution in [0.25, 0.3) is 0 Å². The van der Waals surface area contributed by atoms with Gasteiger partial charge in [0.2, 0.25) is 0 Å². The number of aliphatic imine (C=N–C) groups is 1. The second kappa shape index (κ2) is 13.3. The zero-order chi connectivity index (χ0) is 20.5. The number of piperazine rings is 1. The molecule has 2 rings (SSSR count). The molecule has 0 bridgehead atoms. The van der Waals surface area contributed by atoms with Crippen LogP contribution in [0.15, 0.2) is 29.3 Å². The zero-order valence-corrected chi connectivity index (χ0v) is 21.3. The van der Waals surface area contributed by atoms with Gasteiger partial charge in [0, 0.05) is 45.8 Å². The first-order chi connectivity index (χ1) is 13.4. The summed E-state index contributed by atoms with van der Waals surface area (Å²) in [6.07, 6.45) is 0.0545. The van der Waals surface area contributed by atoms with Crippen LogP contribution in [0.5, 0.6) is 5.75 Å². The first-order valence-electron chi connectivity index (χ1n) is 10.5. The second-order valence-electron chi connectivity index (χ2n) is 8.23. The van der Waals surface area contributed by atoms with Crippen LogP contribution in [-0.2, 0) is 0 Å². The molecule has 2 atom stereocenters. The number of rotatable bonds is 8. The van der Waals surface area contributed by atoms with Crippen molar-refractivity contribution in [3.05, 3.63) is 29.8 Å². The van der Waals surface area contributed by atoms with E-state index in [1.165, 1.54) is 5.56 Å². The van der Waals surface area contributed by atoms with E-state index in [0.29, 0.717) is 18.5 Å². The number of guanidine groups is 1. The normalized spacial score (nSPS) is 18.1. The number of halogens is 1. The van der Waals surface area contributed by atoms with Crippen molar-refractivity contribution in [2.75, 3.05) is 53.4 Å². The Morgan fingerprint density at radius 2 is 1.76 bits per heavy atom. The first kappa shape index (κ1) is 26.0. The third kappa shape index (κ3) is 9.09. The Labute approximate surface area is 194 Å². The number of aryl methyl sites for hydroxylation is 1. The molecule has 0 spiro atoms. The van der Waals surface area contributed by atoms with Crippen molar-refractivity contribution in [2.45, 2.75) is 39.8 Å². The van der Waals surface area contributed by atoms with Crippen molar-refractivity contribution in [1.82, 2.24) is 20.4 Å². The molecule has 1 fully saturated rings. The molecule has 0 amide bonds. The van der Waals surface area contributed by atoms with Crippen LogP contribution in [0.3, 0.4) is 0 Å². The molecule has 2 unspecified atom stereocenters. The summed E-state index contributed by atoms with van der Waals surface area (Å²) in [7, 11) is 4.02. The minimum Gasteiger partial charge on any atom is -0.489 e. The Bertz CT molecular complexity index is 617. The van der Waals surface area contributed by atoms with E-state index in [0.717, 1.165) is 44.4 Å². The molecule has 1 aromatic rings. The van der Waals surface area contributed by atoms with Gasteiger partial charge in [0.05, 0.1) is 6.54 Å². The molecule has 0 aromatic heterocycles. The number of hydrogen-bond donors (Lipinski definition) is 2. The van der Waals surface area contributed by atoms with Gasteiger partial charge in [0.1, 0.15) is 11.9 Å². The van der Waals surface area contributed by atoms with Crippen molar-refractivity contribution in [1.29, 1.82) is 0 Å². The van der Waals surface area contributed by atoms with E-state index in [1.54, 1.807) is 0 Å². The fraction of sp³-hybridized carbons (Fsp3) is 0.682. The number of likely N-dealkylation sites (N-methyl/N-ethyl adjacent to an activating group) is 1. The van der Waals surface area contributed by atoms with Crippen LogP contribution < -0.4 is 15.4 Å². The predicted octanol–water partition coefficient (Wildman–Crippen LogP) is 2.82. The Hall–Kier alpha value is -1.06. The Morgan fingerprint density at radius 3 is 2.34 bits per heavy atom. The highest BCUT2D eigenvalue weighted by atomic mass is 127. The highest BCUT2D eigenvalue weighted by molar-refractivity contribution is 14.0. The van der Waals surface area contributed by atoms with Gasteiger partial charge < -0.3 is 20.3 Å². The molecule has 1 aromatic carbocycles. The number of benzene rings is 1. The van der Waals surface area contributed by atoms with Crippen molar-refractivity contribution < 1.29 is 4.74 Å². The fourth-order valence-electron chi connectivity index (χ4n) is 3.56. The molecule has 1 saturated heterocycles. The van der Waals surface area contributed by atoms with Crippen molar-refractivity contribution in [2.24, 2.45) is 10.9 Å². The van der Waals surface area contributed by atoms with Crippen molar-refractivity contribution >= 4 is 29.9 Å². The van der Waals surface area contributed by atoms with Crippen LogP contribution in [0.4, 0.5) is 0 Å². The smallest absolute Gasteiger partial charge is 0.191 e. The molecule has 1 aliphatic heterocycles. The number of hydrogen-bond acceptors (Lipinski definition) is 4. The lowest BCUT2D eigenvalue weighted by molar-refractivity contribution is 0.0899. The van der Waals surface area contributed by atoms with Crippen LogP contribution >= 0.6 is 24.0 Å². The van der Waals surface area contributed by atoms with E-state index in [9.17, 15) is 0 Å². The first-order valence-corrected chi connectivity index (χ1v) is 10.5. The van der Waals surface area contributed by atoms with Crippen LogP contribution in [-0.4, -0.2) is 81.3 Å². The van der Waals surface area contributed by atoms with Crippen LogP contribution in [0.1, 0.15) is 26.3 Å². The molecule has 1 heterocycles. The average Bonchev–Trinajstić information content (AvgIpc) is 2.65. The summed E-state index contributed by atoms with van der Waals surface area (Å²) in [5.74, 6) is 2.34. The second-order valence-corrected chi connectivity index (χ2v) is 8.23. The molecule has 29 heavy (non-hydrogen) atoms. The number of nitrogens with zero attached hydrogens (tertiary/aromatic N) is 3. The third-order valence-electron chi connectivity index (χ3n) is 5.36. The third-order valence-corrected chi connectivity index (χ3v) is 5.36. The highest BCUT2D eigenvalue weighted by Crippen LogP contribution is 2.14. The highest BCUT2D eigenvalue weighted by Gasteiger charge is 2.25. The van der Waals surface area contributed by atoms with Gasteiger partial charge in [0.25, 0.3) is 0 Å². The molecule has 6 nitrogen and oxygen atoms in total. The standard InChI is InChI=1S/C22H39N5O.HI/c1-17(2)21(27-12-10-26(6)11-13-27)16-25-22(23-5)24-15-19(4)28-20-9-7-8-18(3)14-20;/h7-9,14,17,19,21H,10-13,15-16H2,1-6H3,(H2,23,24,25);1H. The van der Waals surface area contributed by atoms with Gasteiger partial charge in [-0.3, -0.25) is 9.89 Å².